The molecule has 3 heterocycles. The number of aromatic nitrogens is 4. The van der Waals surface area contributed by atoms with Gasteiger partial charge in [-0.1, -0.05) is 0 Å². The number of hydrogen-bond donors (Lipinski definition) is 1. The Morgan fingerprint density at radius 1 is 1.50 bits per heavy atom. The first-order valence-corrected chi connectivity index (χ1v) is 6.30. The number of rotatable bonds is 3. The SMILES string of the molecule is CCn1nc(C)c2[nH]c(=S)n(Cc3ccco3)c21. The molecule has 0 fully saturated rings. The van der Waals surface area contributed by atoms with Crippen molar-refractivity contribution in [3.05, 3.63) is 34.6 Å². The van der Waals surface area contributed by atoms with E-state index in [9.17, 15) is 0 Å². The standard InChI is InChI=1S/C12H14N4OS/c1-3-16-11-10(8(2)14-16)13-12(18)15(11)7-9-5-4-6-17-9/h4-6H,3,7H2,1-2H3,(H,13,18). The van der Waals surface area contributed by atoms with Crippen LogP contribution in [0.1, 0.15) is 18.4 Å². The lowest BCUT2D eigenvalue weighted by atomic mass is 10.4. The van der Waals surface area contributed by atoms with Crippen LogP contribution in [0.2, 0.25) is 0 Å². The molecule has 0 saturated heterocycles. The van der Waals surface area contributed by atoms with Crippen molar-refractivity contribution in [2.24, 2.45) is 0 Å². The van der Waals surface area contributed by atoms with E-state index < -0.39 is 0 Å². The summed E-state index contributed by atoms with van der Waals surface area (Å²) in [6.07, 6.45) is 1.67. The van der Waals surface area contributed by atoms with Crippen molar-refractivity contribution >= 4 is 23.4 Å². The summed E-state index contributed by atoms with van der Waals surface area (Å²) in [5, 5.41) is 4.49. The number of aromatic amines is 1. The molecule has 0 amide bonds. The molecular weight excluding hydrogens is 248 g/mol. The summed E-state index contributed by atoms with van der Waals surface area (Å²) in [5.41, 5.74) is 3.00. The number of nitrogens with zero attached hydrogens (tertiary/aromatic N) is 3. The van der Waals surface area contributed by atoms with Gasteiger partial charge in [0.1, 0.15) is 11.3 Å². The van der Waals surface area contributed by atoms with Crippen molar-refractivity contribution in [3.63, 3.8) is 0 Å². The van der Waals surface area contributed by atoms with Crippen molar-refractivity contribution in [2.45, 2.75) is 26.9 Å². The lowest BCUT2D eigenvalue weighted by Crippen LogP contribution is -2.05. The highest BCUT2D eigenvalue weighted by molar-refractivity contribution is 7.71. The van der Waals surface area contributed by atoms with Crippen LogP contribution < -0.4 is 0 Å². The highest BCUT2D eigenvalue weighted by atomic mass is 32.1. The Morgan fingerprint density at radius 2 is 2.33 bits per heavy atom. The molecular formula is C12H14N4OS. The van der Waals surface area contributed by atoms with E-state index in [-0.39, 0.29) is 0 Å². The Bertz CT molecular complexity index is 732. The summed E-state index contributed by atoms with van der Waals surface area (Å²) in [4.78, 5) is 3.22. The predicted molar refractivity (Wildman–Crippen MR) is 71.1 cm³/mol. The quantitative estimate of drug-likeness (QED) is 0.738. The minimum Gasteiger partial charge on any atom is -0.467 e. The van der Waals surface area contributed by atoms with Crippen LogP contribution in [0.5, 0.6) is 0 Å². The van der Waals surface area contributed by atoms with Crippen molar-refractivity contribution in [2.75, 3.05) is 0 Å². The van der Waals surface area contributed by atoms with Gasteiger partial charge in [-0.25, -0.2) is 4.68 Å². The third-order valence-electron chi connectivity index (χ3n) is 3.03. The van der Waals surface area contributed by atoms with Gasteiger partial charge in [-0.05, 0) is 38.2 Å². The Kier molecular flexibility index (Phi) is 2.59. The van der Waals surface area contributed by atoms with Crippen molar-refractivity contribution < 1.29 is 4.42 Å². The average molecular weight is 262 g/mol. The average Bonchev–Trinajstić information content (AvgIpc) is 3.02. The minimum absolute atomic E-state index is 0.622. The molecule has 0 aliphatic carbocycles. The van der Waals surface area contributed by atoms with Crippen LogP contribution in [0.3, 0.4) is 0 Å². The van der Waals surface area contributed by atoms with Crippen LogP contribution in [0.15, 0.2) is 22.8 Å². The third kappa shape index (κ3) is 1.60. The molecule has 94 valence electrons. The molecule has 0 bridgehead atoms. The van der Waals surface area contributed by atoms with Crippen LogP contribution in [0.4, 0.5) is 0 Å². The van der Waals surface area contributed by atoms with Gasteiger partial charge in [0.15, 0.2) is 10.4 Å². The van der Waals surface area contributed by atoms with Crippen LogP contribution in [-0.4, -0.2) is 19.3 Å². The van der Waals surface area contributed by atoms with Gasteiger partial charge in [0.05, 0.1) is 18.5 Å². The molecule has 0 saturated carbocycles. The van der Waals surface area contributed by atoms with Crippen molar-refractivity contribution in [3.8, 4) is 0 Å². The summed E-state index contributed by atoms with van der Waals surface area (Å²) < 4.78 is 10.1. The predicted octanol–water partition coefficient (Wildman–Crippen LogP) is 2.87. The maximum atomic E-state index is 5.38. The number of nitrogens with one attached hydrogen (secondary N) is 1. The number of furan rings is 1. The maximum absolute atomic E-state index is 5.38. The summed E-state index contributed by atoms with van der Waals surface area (Å²) in [5.74, 6) is 0.883. The van der Waals surface area contributed by atoms with E-state index in [1.165, 1.54) is 0 Å². The van der Waals surface area contributed by atoms with Gasteiger partial charge in [0.25, 0.3) is 0 Å². The Balaban J connectivity index is 2.21. The number of fused-ring (bicyclic) bond motifs is 1. The summed E-state index contributed by atoms with van der Waals surface area (Å²) >= 11 is 5.37. The molecule has 0 radical (unpaired) electrons. The fourth-order valence-corrected chi connectivity index (χ4v) is 2.44. The molecule has 1 N–H and O–H groups in total. The number of imidazole rings is 1. The topological polar surface area (TPSA) is 51.7 Å². The first kappa shape index (κ1) is 11.3. The van der Waals surface area contributed by atoms with E-state index in [0.717, 1.165) is 29.2 Å². The van der Waals surface area contributed by atoms with E-state index in [1.807, 2.05) is 28.3 Å². The third-order valence-corrected chi connectivity index (χ3v) is 3.35. The Morgan fingerprint density at radius 3 is 3.00 bits per heavy atom. The second-order valence-electron chi connectivity index (χ2n) is 4.20. The largest absolute Gasteiger partial charge is 0.467 e. The lowest BCUT2D eigenvalue weighted by Gasteiger charge is -2.03. The molecule has 18 heavy (non-hydrogen) atoms. The summed E-state index contributed by atoms with van der Waals surface area (Å²) in [6, 6.07) is 3.82. The van der Waals surface area contributed by atoms with Gasteiger partial charge in [0.2, 0.25) is 0 Å². The van der Waals surface area contributed by atoms with Gasteiger partial charge in [-0.2, -0.15) is 5.10 Å². The highest BCUT2D eigenvalue weighted by Gasteiger charge is 2.14. The molecule has 0 atom stereocenters. The number of hydrogen-bond acceptors (Lipinski definition) is 3. The van der Waals surface area contributed by atoms with E-state index in [2.05, 4.69) is 17.0 Å². The molecule has 3 aromatic heterocycles. The number of aryl methyl sites for hydroxylation is 2. The zero-order valence-corrected chi connectivity index (χ0v) is 11.1. The zero-order chi connectivity index (χ0) is 12.7. The monoisotopic (exact) mass is 262 g/mol. The molecule has 0 aliphatic heterocycles. The van der Waals surface area contributed by atoms with Gasteiger partial charge >= 0.3 is 0 Å². The van der Waals surface area contributed by atoms with Crippen LogP contribution in [0.25, 0.3) is 11.2 Å². The van der Waals surface area contributed by atoms with Gasteiger partial charge < -0.3 is 9.40 Å². The molecule has 0 aromatic carbocycles. The minimum atomic E-state index is 0.622. The summed E-state index contributed by atoms with van der Waals surface area (Å²) in [7, 11) is 0. The molecule has 0 aliphatic rings. The maximum Gasteiger partial charge on any atom is 0.179 e. The van der Waals surface area contributed by atoms with Gasteiger partial charge in [0, 0.05) is 6.54 Å². The fraction of sp³-hybridized carbons (Fsp3) is 0.333. The van der Waals surface area contributed by atoms with Crippen molar-refractivity contribution in [1.29, 1.82) is 0 Å². The lowest BCUT2D eigenvalue weighted by molar-refractivity contribution is 0.491. The molecule has 3 rings (SSSR count). The highest BCUT2D eigenvalue weighted by Crippen LogP contribution is 2.19. The molecule has 5 nitrogen and oxygen atoms in total. The van der Waals surface area contributed by atoms with Gasteiger partial charge in [-0.3, -0.25) is 4.57 Å². The van der Waals surface area contributed by atoms with E-state index in [4.69, 9.17) is 16.6 Å². The van der Waals surface area contributed by atoms with Crippen LogP contribution in [-0.2, 0) is 13.1 Å². The molecule has 0 spiro atoms. The summed E-state index contributed by atoms with van der Waals surface area (Å²) in [6.45, 7) is 5.49. The molecule has 0 unspecified atom stereocenters. The Hall–Kier alpha value is -1.82. The Labute approximate surface area is 109 Å². The first-order valence-electron chi connectivity index (χ1n) is 5.89. The zero-order valence-electron chi connectivity index (χ0n) is 10.3. The first-order chi connectivity index (χ1) is 8.70. The van der Waals surface area contributed by atoms with Crippen LogP contribution >= 0.6 is 12.2 Å². The normalized spacial score (nSPS) is 11.4. The van der Waals surface area contributed by atoms with E-state index in [0.29, 0.717) is 11.3 Å². The van der Waals surface area contributed by atoms with Gasteiger partial charge in [-0.15, -0.1) is 0 Å². The fourth-order valence-electron chi connectivity index (χ4n) is 2.19. The van der Waals surface area contributed by atoms with E-state index >= 15 is 0 Å². The van der Waals surface area contributed by atoms with Crippen LogP contribution in [0, 0.1) is 11.7 Å². The van der Waals surface area contributed by atoms with E-state index in [1.54, 1.807) is 6.26 Å². The second kappa shape index (κ2) is 4.13. The second-order valence-corrected chi connectivity index (χ2v) is 4.58. The molecule has 6 heteroatoms. The molecule has 3 aromatic rings. The number of H-pyrrole nitrogens is 1. The smallest absolute Gasteiger partial charge is 0.179 e. The van der Waals surface area contributed by atoms with Crippen molar-refractivity contribution in [1.82, 2.24) is 19.3 Å².